The molecular formula is C17H18FN3O4. The highest BCUT2D eigenvalue weighted by atomic mass is 19.1. The maximum Gasteiger partial charge on any atom is 0.329 e. The highest BCUT2D eigenvalue weighted by Gasteiger charge is 2.45. The van der Waals surface area contributed by atoms with Gasteiger partial charge in [-0.2, -0.15) is 4.98 Å². The number of aromatic nitrogens is 2. The van der Waals surface area contributed by atoms with Crippen molar-refractivity contribution in [3.8, 4) is 11.4 Å². The van der Waals surface area contributed by atoms with Crippen molar-refractivity contribution in [2.24, 2.45) is 0 Å². The number of benzene rings is 1. The molecule has 2 N–H and O–H groups in total. The van der Waals surface area contributed by atoms with Gasteiger partial charge in [0.1, 0.15) is 11.4 Å². The smallest absolute Gasteiger partial charge is 0.329 e. The molecule has 0 atom stereocenters. The number of aliphatic carboxylic acids is 1. The van der Waals surface area contributed by atoms with Gasteiger partial charge in [0.2, 0.25) is 17.6 Å². The Bertz CT molecular complexity index is 814. The monoisotopic (exact) mass is 347 g/mol. The Hall–Kier alpha value is -2.77. The Balaban J connectivity index is 1.59. The van der Waals surface area contributed by atoms with Gasteiger partial charge in [0.25, 0.3) is 0 Å². The fourth-order valence-electron chi connectivity index (χ4n) is 2.68. The van der Waals surface area contributed by atoms with Crippen LogP contribution < -0.4 is 5.32 Å². The van der Waals surface area contributed by atoms with Crippen LogP contribution in [0.5, 0.6) is 0 Å². The third-order valence-corrected chi connectivity index (χ3v) is 4.46. The number of hydrogen-bond donors (Lipinski definition) is 2. The first-order valence-corrected chi connectivity index (χ1v) is 8.03. The van der Waals surface area contributed by atoms with Gasteiger partial charge in [0, 0.05) is 18.4 Å². The third kappa shape index (κ3) is 3.52. The number of carboxylic acid groups (broad SMARTS) is 1. The summed E-state index contributed by atoms with van der Waals surface area (Å²) < 4.78 is 18.7. The van der Waals surface area contributed by atoms with Crippen molar-refractivity contribution in [3.05, 3.63) is 35.5 Å². The molecule has 7 nitrogen and oxygen atoms in total. The van der Waals surface area contributed by atoms with E-state index in [0.717, 1.165) is 6.42 Å². The van der Waals surface area contributed by atoms with Gasteiger partial charge < -0.3 is 14.9 Å². The first kappa shape index (κ1) is 17.1. The van der Waals surface area contributed by atoms with E-state index in [1.807, 2.05) is 0 Å². The highest BCUT2D eigenvalue weighted by Crippen LogP contribution is 2.32. The number of nitrogens with zero attached hydrogens (tertiary/aromatic N) is 2. The lowest BCUT2D eigenvalue weighted by Gasteiger charge is -2.38. The predicted octanol–water partition coefficient (Wildman–Crippen LogP) is 2.24. The summed E-state index contributed by atoms with van der Waals surface area (Å²) >= 11 is 0. The maximum atomic E-state index is 13.6. The highest BCUT2D eigenvalue weighted by molar-refractivity contribution is 5.87. The number of aryl methyl sites for hydroxylation is 2. The summed E-state index contributed by atoms with van der Waals surface area (Å²) in [5.74, 6) is -1.25. The minimum Gasteiger partial charge on any atom is -0.480 e. The molecule has 0 bridgehead atoms. The minimum atomic E-state index is -1.13. The molecule has 1 fully saturated rings. The van der Waals surface area contributed by atoms with Crippen molar-refractivity contribution in [1.29, 1.82) is 0 Å². The number of carbonyl (C=O) groups excluding carboxylic acids is 1. The van der Waals surface area contributed by atoms with Crippen molar-refractivity contribution in [2.45, 2.75) is 44.6 Å². The molecule has 0 aliphatic heterocycles. The fraction of sp³-hybridized carbons (Fsp3) is 0.412. The van der Waals surface area contributed by atoms with E-state index >= 15 is 0 Å². The van der Waals surface area contributed by atoms with Crippen molar-refractivity contribution >= 4 is 11.9 Å². The van der Waals surface area contributed by atoms with Gasteiger partial charge in [0.05, 0.1) is 0 Å². The van der Waals surface area contributed by atoms with E-state index in [0.29, 0.717) is 24.0 Å². The molecule has 1 aliphatic rings. The largest absolute Gasteiger partial charge is 0.480 e. The number of carboxylic acids is 1. The van der Waals surface area contributed by atoms with Crippen LogP contribution in [0, 0.1) is 12.7 Å². The molecule has 132 valence electrons. The third-order valence-electron chi connectivity index (χ3n) is 4.46. The van der Waals surface area contributed by atoms with Gasteiger partial charge in [-0.1, -0.05) is 17.3 Å². The van der Waals surface area contributed by atoms with Gasteiger partial charge in [-0.3, -0.25) is 4.79 Å². The summed E-state index contributed by atoms with van der Waals surface area (Å²) in [6.07, 6.45) is 1.89. The first-order chi connectivity index (χ1) is 11.9. The number of halogens is 1. The summed E-state index contributed by atoms with van der Waals surface area (Å²) in [7, 11) is 0. The summed E-state index contributed by atoms with van der Waals surface area (Å²) in [6.45, 7) is 1.66. The number of hydrogen-bond acceptors (Lipinski definition) is 5. The lowest BCUT2D eigenvalue weighted by molar-refractivity contribution is -0.151. The SMILES string of the molecule is Cc1ccc(-c2noc(CCC(=O)NC3(C(=O)O)CCC3)n2)cc1F. The topological polar surface area (TPSA) is 105 Å². The number of rotatable bonds is 6. The van der Waals surface area contributed by atoms with Crippen LogP contribution >= 0.6 is 0 Å². The second kappa shape index (κ2) is 6.62. The van der Waals surface area contributed by atoms with E-state index in [1.165, 1.54) is 6.07 Å². The van der Waals surface area contributed by atoms with Crippen LogP contribution in [-0.4, -0.2) is 32.7 Å². The van der Waals surface area contributed by atoms with Crippen molar-refractivity contribution in [2.75, 3.05) is 0 Å². The van der Waals surface area contributed by atoms with Crippen LogP contribution in [0.15, 0.2) is 22.7 Å². The van der Waals surface area contributed by atoms with Gasteiger partial charge in [-0.25, -0.2) is 9.18 Å². The van der Waals surface area contributed by atoms with Crippen LogP contribution in [0.1, 0.15) is 37.1 Å². The molecule has 1 amide bonds. The summed E-state index contributed by atoms with van der Waals surface area (Å²) in [5, 5.41) is 15.6. The quantitative estimate of drug-likeness (QED) is 0.830. The van der Waals surface area contributed by atoms with Crippen molar-refractivity contribution in [1.82, 2.24) is 15.5 Å². The van der Waals surface area contributed by atoms with Crippen LogP contribution in [0.2, 0.25) is 0 Å². The van der Waals surface area contributed by atoms with E-state index < -0.39 is 11.5 Å². The molecule has 1 aliphatic carbocycles. The van der Waals surface area contributed by atoms with E-state index in [2.05, 4.69) is 15.5 Å². The molecule has 8 heteroatoms. The zero-order valence-corrected chi connectivity index (χ0v) is 13.7. The Morgan fingerprint density at radius 2 is 2.16 bits per heavy atom. The van der Waals surface area contributed by atoms with Gasteiger partial charge >= 0.3 is 5.97 Å². The van der Waals surface area contributed by atoms with Gasteiger partial charge in [0.15, 0.2) is 0 Å². The Labute approximate surface area is 143 Å². The molecular weight excluding hydrogens is 329 g/mol. The summed E-state index contributed by atoms with van der Waals surface area (Å²) in [4.78, 5) is 27.4. The number of nitrogens with one attached hydrogen (secondary N) is 1. The molecule has 0 unspecified atom stereocenters. The number of amides is 1. The molecule has 1 aromatic heterocycles. The Morgan fingerprint density at radius 3 is 2.76 bits per heavy atom. The zero-order valence-electron chi connectivity index (χ0n) is 13.7. The Morgan fingerprint density at radius 1 is 1.40 bits per heavy atom. The second-order valence-corrected chi connectivity index (χ2v) is 6.26. The summed E-state index contributed by atoms with van der Waals surface area (Å²) in [6, 6.07) is 4.63. The number of carbonyl (C=O) groups is 2. The standard InChI is InChI=1S/C17H18FN3O4/c1-10-3-4-11(9-12(10)18)15-19-14(25-21-15)6-5-13(22)20-17(16(23)24)7-2-8-17/h3-4,9H,2,5-8H2,1H3,(H,20,22)(H,23,24). The molecule has 1 aromatic carbocycles. The summed E-state index contributed by atoms with van der Waals surface area (Å²) in [5.41, 5.74) is -0.120. The molecule has 3 rings (SSSR count). The fourth-order valence-corrected chi connectivity index (χ4v) is 2.68. The van der Waals surface area contributed by atoms with Crippen molar-refractivity contribution < 1.29 is 23.6 Å². The van der Waals surface area contributed by atoms with Crippen LogP contribution in [0.3, 0.4) is 0 Å². The molecule has 1 saturated carbocycles. The van der Waals surface area contributed by atoms with Crippen LogP contribution in [0.4, 0.5) is 4.39 Å². The van der Waals surface area contributed by atoms with Gasteiger partial charge in [-0.05, 0) is 37.8 Å². The van der Waals surface area contributed by atoms with E-state index in [9.17, 15) is 19.1 Å². The molecule has 0 saturated heterocycles. The lowest BCUT2D eigenvalue weighted by Crippen LogP contribution is -2.59. The lowest BCUT2D eigenvalue weighted by atomic mass is 9.76. The molecule has 2 aromatic rings. The Kier molecular flexibility index (Phi) is 4.52. The second-order valence-electron chi connectivity index (χ2n) is 6.26. The molecule has 1 heterocycles. The first-order valence-electron chi connectivity index (χ1n) is 8.03. The van der Waals surface area contributed by atoms with E-state index in [-0.39, 0.29) is 36.3 Å². The van der Waals surface area contributed by atoms with E-state index in [1.54, 1.807) is 19.1 Å². The van der Waals surface area contributed by atoms with Crippen molar-refractivity contribution in [3.63, 3.8) is 0 Å². The zero-order chi connectivity index (χ0) is 18.0. The molecule has 25 heavy (non-hydrogen) atoms. The molecule has 0 spiro atoms. The normalized spacial score (nSPS) is 15.4. The predicted molar refractivity (Wildman–Crippen MR) is 85.1 cm³/mol. The average molecular weight is 347 g/mol. The molecule has 0 radical (unpaired) electrons. The minimum absolute atomic E-state index is 0.0406. The van der Waals surface area contributed by atoms with Gasteiger partial charge in [-0.15, -0.1) is 0 Å². The van der Waals surface area contributed by atoms with Crippen LogP contribution in [0.25, 0.3) is 11.4 Å². The van der Waals surface area contributed by atoms with Crippen LogP contribution in [-0.2, 0) is 16.0 Å². The maximum absolute atomic E-state index is 13.6. The average Bonchev–Trinajstić information content (AvgIpc) is 3.00. The van der Waals surface area contributed by atoms with E-state index in [4.69, 9.17) is 4.52 Å².